The zero-order valence-corrected chi connectivity index (χ0v) is 7.92. The predicted molar refractivity (Wildman–Crippen MR) is 44.9 cm³/mol. The lowest BCUT2D eigenvalue weighted by Gasteiger charge is -2.33. The molecular weight excluding hydrogens is 156 g/mol. The molecule has 3 heteroatoms. The molecule has 0 aromatic heterocycles. The number of rotatable bonds is 2. The van der Waals surface area contributed by atoms with Gasteiger partial charge in [0, 0.05) is 5.41 Å². The van der Waals surface area contributed by atoms with Crippen molar-refractivity contribution in [3.05, 3.63) is 0 Å². The fourth-order valence-corrected chi connectivity index (χ4v) is 1.65. The van der Waals surface area contributed by atoms with Crippen LogP contribution in [-0.2, 0) is 9.47 Å². The van der Waals surface area contributed by atoms with E-state index in [4.69, 9.17) is 9.47 Å². The molecule has 0 aromatic rings. The summed E-state index contributed by atoms with van der Waals surface area (Å²) in [5.74, 6) is 0.607. The van der Waals surface area contributed by atoms with Gasteiger partial charge in [-0.1, -0.05) is 20.8 Å². The Kier molecular flexibility index (Phi) is 2.60. The molecule has 0 N–H and O–H groups in total. The molecule has 0 aromatic carbocycles. The van der Waals surface area contributed by atoms with Crippen LogP contribution in [-0.4, -0.2) is 19.4 Å². The summed E-state index contributed by atoms with van der Waals surface area (Å²) in [6.45, 7) is 7.37. The van der Waals surface area contributed by atoms with E-state index in [1.807, 2.05) is 0 Å². The summed E-state index contributed by atoms with van der Waals surface area (Å²) in [5.41, 5.74) is 0.0159. The van der Waals surface area contributed by atoms with Gasteiger partial charge in [0.05, 0.1) is 0 Å². The van der Waals surface area contributed by atoms with Gasteiger partial charge in [-0.15, -0.1) is 0 Å². The van der Waals surface area contributed by atoms with Gasteiger partial charge >= 0.3 is 6.16 Å². The van der Waals surface area contributed by atoms with Crippen LogP contribution in [0.5, 0.6) is 0 Å². The van der Waals surface area contributed by atoms with E-state index in [0.29, 0.717) is 19.1 Å². The largest absolute Gasteiger partial charge is 0.508 e. The molecule has 0 atom stereocenters. The Labute approximate surface area is 73.0 Å². The van der Waals surface area contributed by atoms with Gasteiger partial charge < -0.3 is 9.47 Å². The zero-order chi connectivity index (χ0) is 9.19. The molecule has 1 aliphatic heterocycles. The van der Waals surface area contributed by atoms with Gasteiger partial charge in [-0.2, -0.15) is 0 Å². The van der Waals surface area contributed by atoms with Gasteiger partial charge in [-0.3, -0.25) is 0 Å². The second kappa shape index (κ2) is 3.33. The average molecular weight is 172 g/mol. The van der Waals surface area contributed by atoms with Gasteiger partial charge in [0.1, 0.15) is 13.2 Å². The van der Waals surface area contributed by atoms with Gasteiger partial charge in [0.15, 0.2) is 0 Å². The third-order valence-corrected chi connectivity index (χ3v) is 1.98. The summed E-state index contributed by atoms with van der Waals surface area (Å²) < 4.78 is 9.67. The van der Waals surface area contributed by atoms with E-state index in [1.54, 1.807) is 0 Å². The highest BCUT2D eigenvalue weighted by Gasteiger charge is 2.33. The van der Waals surface area contributed by atoms with E-state index in [0.717, 1.165) is 6.42 Å². The van der Waals surface area contributed by atoms with Gasteiger partial charge in [-0.05, 0) is 12.3 Å². The summed E-state index contributed by atoms with van der Waals surface area (Å²) in [6, 6.07) is 0. The minimum atomic E-state index is -0.531. The van der Waals surface area contributed by atoms with Crippen LogP contribution in [0.4, 0.5) is 4.79 Å². The maximum absolute atomic E-state index is 10.6. The van der Waals surface area contributed by atoms with Crippen molar-refractivity contribution in [2.24, 2.45) is 11.3 Å². The SMILES string of the molecule is CC(C)CC1(C)COC(=O)OC1. The predicted octanol–water partition coefficient (Wildman–Crippen LogP) is 2.21. The first-order chi connectivity index (χ1) is 5.52. The first-order valence-electron chi connectivity index (χ1n) is 4.31. The van der Waals surface area contributed by atoms with E-state index in [2.05, 4.69) is 20.8 Å². The van der Waals surface area contributed by atoms with E-state index in [1.165, 1.54) is 0 Å². The Hall–Kier alpha value is -0.730. The lowest BCUT2D eigenvalue weighted by molar-refractivity contribution is -0.0595. The van der Waals surface area contributed by atoms with Crippen LogP contribution in [0.15, 0.2) is 0 Å². The number of ether oxygens (including phenoxy) is 2. The second-order valence-electron chi connectivity index (χ2n) is 4.24. The Morgan fingerprint density at radius 2 is 1.92 bits per heavy atom. The number of carbonyl (C=O) groups is 1. The van der Waals surface area contributed by atoms with Crippen LogP contribution in [0.3, 0.4) is 0 Å². The third-order valence-electron chi connectivity index (χ3n) is 1.98. The molecule has 3 nitrogen and oxygen atoms in total. The first kappa shape index (κ1) is 9.36. The van der Waals surface area contributed by atoms with Crippen LogP contribution >= 0.6 is 0 Å². The highest BCUT2D eigenvalue weighted by Crippen LogP contribution is 2.29. The van der Waals surface area contributed by atoms with Crippen molar-refractivity contribution in [3.63, 3.8) is 0 Å². The number of hydrogen-bond donors (Lipinski definition) is 0. The van der Waals surface area contributed by atoms with Crippen LogP contribution in [0, 0.1) is 11.3 Å². The molecule has 0 saturated carbocycles. The van der Waals surface area contributed by atoms with Crippen molar-refractivity contribution in [3.8, 4) is 0 Å². The molecule has 1 fully saturated rings. The van der Waals surface area contributed by atoms with Gasteiger partial charge in [0.25, 0.3) is 0 Å². The lowest BCUT2D eigenvalue weighted by atomic mass is 9.83. The molecule has 1 heterocycles. The molecule has 0 spiro atoms. The monoisotopic (exact) mass is 172 g/mol. The minimum Gasteiger partial charge on any atom is -0.434 e. The van der Waals surface area contributed by atoms with E-state index < -0.39 is 6.16 Å². The summed E-state index contributed by atoms with van der Waals surface area (Å²) in [7, 11) is 0. The molecule has 1 aliphatic rings. The quantitative estimate of drug-likeness (QED) is 0.599. The number of carbonyl (C=O) groups excluding carboxylic acids is 1. The molecular formula is C9H16O3. The Morgan fingerprint density at radius 3 is 2.33 bits per heavy atom. The smallest absolute Gasteiger partial charge is 0.434 e. The standard InChI is InChI=1S/C9H16O3/c1-7(2)4-9(3)5-11-8(10)12-6-9/h7H,4-6H2,1-3H3. The maximum Gasteiger partial charge on any atom is 0.508 e. The van der Waals surface area contributed by atoms with Crippen molar-refractivity contribution in [2.75, 3.05) is 13.2 Å². The lowest BCUT2D eigenvalue weighted by Crippen LogP contribution is -2.37. The minimum absolute atomic E-state index is 0.0159. The molecule has 12 heavy (non-hydrogen) atoms. The van der Waals surface area contributed by atoms with Crippen LogP contribution < -0.4 is 0 Å². The van der Waals surface area contributed by atoms with Crippen molar-refractivity contribution < 1.29 is 14.3 Å². The maximum atomic E-state index is 10.6. The van der Waals surface area contributed by atoms with Crippen LogP contribution in [0.1, 0.15) is 27.2 Å². The van der Waals surface area contributed by atoms with Crippen molar-refractivity contribution in [1.82, 2.24) is 0 Å². The number of hydrogen-bond acceptors (Lipinski definition) is 3. The fraction of sp³-hybridized carbons (Fsp3) is 0.889. The van der Waals surface area contributed by atoms with Gasteiger partial charge in [-0.25, -0.2) is 4.79 Å². The Morgan fingerprint density at radius 1 is 1.42 bits per heavy atom. The normalized spacial score (nSPS) is 21.8. The molecule has 70 valence electrons. The summed E-state index contributed by atoms with van der Waals surface area (Å²) in [6.07, 6.45) is 0.497. The number of cyclic esters (lactones) is 2. The van der Waals surface area contributed by atoms with E-state index in [9.17, 15) is 4.79 Å². The zero-order valence-electron chi connectivity index (χ0n) is 7.92. The Balaban J connectivity index is 2.44. The molecule has 0 unspecified atom stereocenters. The van der Waals surface area contributed by atoms with E-state index >= 15 is 0 Å². The summed E-state index contributed by atoms with van der Waals surface area (Å²) >= 11 is 0. The first-order valence-corrected chi connectivity index (χ1v) is 4.31. The molecule has 0 amide bonds. The summed E-state index contributed by atoms with van der Waals surface area (Å²) in [4.78, 5) is 10.6. The van der Waals surface area contributed by atoms with Crippen LogP contribution in [0.25, 0.3) is 0 Å². The van der Waals surface area contributed by atoms with Crippen molar-refractivity contribution >= 4 is 6.16 Å². The molecule has 1 rings (SSSR count). The van der Waals surface area contributed by atoms with Crippen molar-refractivity contribution in [1.29, 1.82) is 0 Å². The summed E-state index contributed by atoms with van der Waals surface area (Å²) in [5, 5.41) is 0. The molecule has 0 radical (unpaired) electrons. The molecule has 0 bridgehead atoms. The molecule has 1 saturated heterocycles. The topological polar surface area (TPSA) is 35.5 Å². The fourth-order valence-electron chi connectivity index (χ4n) is 1.65. The highest BCUT2D eigenvalue weighted by atomic mass is 16.7. The molecule has 0 aliphatic carbocycles. The third kappa shape index (κ3) is 2.40. The van der Waals surface area contributed by atoms with Gasteiger partial charge in [0.2, 0.25) is 0 Å². The highest BCUT2D eigenvalue weighted by molar-refractivity contribution is 5.60. The van der Waals surface area contributed by atoms with Crippen molar-refractivity contribution in [2.45, 2.75) is 27.2 Å². The van der Waals surface area contributed by atoms with Crippen LogP contribution in [0.2, 0.25) is 0 Å². The Bertz CT molecular complexity index is 165. The second-order valence-corrected chi connectivity index (χ2v) is 4.24. The van der Waals surface area contributed by atoms with E-state index in [-0.39, 0.29) is 5.41 Å². The average Bonchev–Trinajstić information content (AvgIpc) is 1.94.